The van der Waals surface area contributed by atoms with Gasteiger partial charge in [-0.2, -0.15) is 0 Å². The molecule has 0 radical (unpaired) electrons. The quantitative estimate of drug-likeness (QED) is 0.723. The van der Waals surface area contributed by atoms with Gasteiger partial charge in [-0.3, -0.25) is 4.79 Å². The molecule has 6 heteroatoms. The minimum Gasteiger partial charge on any atom is -0.491 e. The molecule has 0 spiro atoms. The van der Waals surface area contributed by atoms with Crippen molar-refractivity contribution in [3.63, 3.8) is 0 Å². The third kappa shape index (κ3) is 4.44. The van der Waals surface area contributed by atoms with Crippen LogP contribution in [0.1, 0.15) is 56.5 Å². The first kappa shape index (κ1) is 21.3. The lowest BCUT2D eigenvalue weighted by atomic mass is 10.1. The maximum Gasteiger partial charge on any atom is 0.254 e. The van der Waals surface area contributed by atoms with Gasteiger partial charge >= 0.3 is 0 Å². The van der Waals surface area contributed by atoms with Crippen molar-refractivity contribution < 1.29 is 14.0 Å². The Bertz CT molecular complexity index is 708. The van der Waals surface area contributed by atoms with E-state index >= 15 is 0 Å². The second-order valence-electron chi connectivity index (χ2n) is 9.72. The first-order valence-corrected chi connectivity index (χ1v) is 13.4. The summed E-state index contributed by atoms with van der Waals surface area (Å²) in [7, 11) is -1.82. The van der Waals surface area contributed by atoms with Crippen molar-refractivity contribution in [1.82, 2.24) is 10.2 Å². The number of amides is 1. The zero-order valence-corrected chi connectivity index (χ0v) is 19.3. The summed E-state index contributed by atoms with van der Waals surface area (Å²) in [4.78, 5) is 14.9. The molecule has 1 fully saturated rings. The van der Waals surface area contributed by atoms with Crippen LogP contribution in [0.25, 0.3) is 0 Å². The summed E-state index contributed by atoms with van der Waals surface area (Å²) in [6, 6.07) is 6.11. The highest BCUT2D eigenvalue weighted by molar-refractivity contribution is 6.74. The summed E-state index contributed by atoms with van der Waals surface area (Å²) < 4.78 is 12.6. The molecule has 1 N–H and O–H groups in total. The first-order chi connectivity index (χ1) is 13.1. The van der Waals surface area contributed by atoms with Crippen LogP contribution >= 0.6 is 0 Å². The fourth-order valence-electron chi connectivity index (χ4n) is 3.78. The van der Waals surface area contributed by atoms with Crippen molar-refractivity contribution in [2.24, 2.45) is 0 Å². The molecule has 0 saturated carbocycles. The van der Waals surface area contributed by atoms with Gasteiger partial charge in [0, 0.05) is 23.7 Å². The third-order valence-electron chi connectivity index (χ3n) is 6.44. The number of hydrogen-bond donors (Lipinski definition) is 1. The molecule has 3 rings (SSSR count). The van der Waals surface area contributed by atoms with Gasteiger partial charge in [-0.15, -0.1) is 0 Å². The minimum atomic E-state index is -1.82. The number of nitrogens with one attached hydrogen (secondary N) is 1. The Morgan fingerprint density at radius 3 is 2.71 bits per heavy atom. The summed E-state index contributed by atoms with van der Waals surface area (Å²) in [5.74, 6) is 0.961. The van der Waals surface area contributed by atoms with Crippen LogP contribution in [-0.2, 0) is 11.0 Å². The Hall–Kier alpha value is -1.37. The fourth-order valence-corrected chi connectivity index (χ4v) is 5.20. The molecule has 1 aromatic carbocycles. The highest BCUT2D eigenvalue weighted by Crippen LogP contribution is 2.38. The number of nitrogens with zero attached hydrogens (tertiary/aromatic N) is 1. The zero-order chi connectivity index (χ0) is 20.5. The second kappa shape index (κ2) is 8.17. The number of carbonyl (C=O) groups excluding carboxylic acids is 1. The molecular weight excluding hydrogens is 368 g/mol. The molecule has 28 heavy (non-hydrogen) atoms. The average Bonchev–Trinajstić information content (AvgIpc) is 2.97. The molecule has 2 heterocycles. The number of hydrogen-bond acceptors (Lipinski definition) is 4. The second-order valence-corrected chi connectivity index (χ2v) is 14.5. The van der Waals surface area contributed by atoms with E-state index in [9.17, 15) is 4.79 Å². The SMILES string of the molecule is C[C@H](COc1cccc2c1CN(C1CCCNC1)C2=O)O[Si](C)(C)C(C)(C)C. The lowest BCUT2D eigenvalue weighted by molar-refractivity contribution is 0.0673. The molecular formula is C22H36N2O3Si. The summed E-state index contributed by atoms with van der Waals surface area (Å²) in [5, 5.41) is 3.59. The van der Waals surface area contributed by atoms with Crippen molar-refractivity contribution in [2.45, 2.75) is 77.4 Å². The van der Waals surface area contributed by atoms with Crippen molar-refractivity contribution in [2.75, 3.05) is 19.7 Å². The van der Waals surface area contributed by atoms with Crippen LogP contribution in [0.15, 0.2) is 18.2 Å². The van der Waals surface area contributed by atoms with Crippen LogP contribution in [0, 0.1) is 0 Å². The van der Waals surface area contributed by atoms with Gasteiger partial charge in [-0.05, 0) is 56.6 Å². The lowest BCUT2D eigenvalue weighted by Crippen LogP contribution is -2.46. The van der Waals surface area contributed by atoms with E-state index in [0.29, 0.717) is 13.2 Å². The van der Waals surface area contributed by atoms with E-state index in [1.54, 1.807) is 0 Å². The van der Waals surface area contributed by atoms with Crippen molar-refractivity contribution in [1.29, 1.82) is 0 Å². The van der Waals surface area contributed by atoms with Gasteiger partial charge in [0.1, 0.15) is 12.4 Å². The molecule has 0 aliphatic carbocycles. The van der Waals surface area contributed by atoms with E-state index in [4.69, 9.17) is 9.16 Å². The Morgan fingerprint density at radius 1 is 1.32 bits per heavy atom. The average molecular weight is 405 g/mol. The highest BCUT2D eigenvalue weighted by atomic mass is 28.4. The van der Waals surface area contributed by atoms with E-state index in [2.05, 4.69) is 46.1 Å². The zero-order valence-electron chi connectivity index (χ0n) is 18.3. The Labute approximate surface area is 170 Å². The first-order valence-electron chi connectivity index (χ1n) is 10.5. The van der Waals surface area contributed by atoms with E-state index < -0.39 is 8.32 Å². The lowest BCUT2D eigenvalue weighted by Gasteiger charge is -2.38. The number of piperidine rings is 1. The van der Waals surface area contributed by atoms with Crippen LogP contribution in [0.4, 0.5) is 0 Å². The van der Waals surface area contributed by atoms with Crippen molar-refractivity contribution in [3.8, 4) is 5.75 Å². The number of ether oxygens (including phenoxy) is 1. The van der Waals surface area contributed by atoms with Gasteiger partial charge in [0.2, 0.25) is 0 Å². The number of rotatable bonds is 6. The number of fused-ring (bicyclic) bond motifs is 1. The fraction of sp³-hybridized carbons (Fsp3) is 0.682. The molecule has 1 saturated heterocycles. The normalized spacial score (nSPS) is 21.6. The van der Waals surface area contributed by atoms with Crippen LogP contribution < -0.4 is 10.1 Å². The molecule has 2 aliphatic heterocycles. The number of carbonyl (C=O) groups is 1. The molecule has 1 amide bonds. The number of benzene rings is 1. The smallest absolute Gasteiger partial charge is 0.254 e. The summed E-state index contributed by atoms with van der Waals surface area (Å²) in [6.45, 7) is 16.4. The van der Waals surface area contributed by atoms with E-state index in [0.717, 1.165) is 42.8 Å². The monoisotopic (exact) mass is 404 g/mol. The largest absolute Gasteiger partial charge is 0.491 e. The predicted molar refractivity (Wildman–Crippen MR) is 115 cm³/mol. The minimum absolute atomic E-state index is 0.0208. The Morgan fingerprint density at radius 2 is 2.07 bits per heavy atom. The Balaban J connectivity index is 1.65. The topological polar surface area (TPSA) is 50.8 Å². The standard InChI is InChI=1S/C22H36N2O3Si/c1-16(27-28(5,6)22(2,3)4)15-26-20-11-7-10-18-19(20)14-24(21(18)25)17-9-8-12-23-13-17/h7,10-11,16-17,23H,8-9,12-15H2,1-6H3/t16-,17?/m1/s1. The molecule has 1 aromatic rings. The molecule has 0 bridgehead atoms. The van der Waals surface area contributed by atoms with Gasteiger partial charge in [0.15, 0.2) is 8.32 Å². The third-order valence-corrected chi connectivity index (χ3v) is 11.0. The van der Waals surface area contributed by atoms with Gasteiger partial charge in [-0.25, -0.2) is 0 Å². The summed E-state index contributed by atoms with van der Waals surface area (Å²) in [5.41, 5.74) is 1.82. The van der Waals surface area contributed by atoms with Crippen LogP contribution in [0.5, 0.6) is 5.75 Å². The highest BCUT2D eigenvalue weighted by Gasteiger charge is 2.39. The van der Waals surface area contributed by atoms with Crippen LogP contribution in [-0.4, -0.2) is 51.0 Å². The Kier molecular flexibility index (Phi) is 6.22. The predicted octanol–water partition coefficient (Wildman–Crippen LogP) is 4.18. The molecule has 2 atom stereocenters. The van der Waals surface area contributed by atoms with E-state index in [-0.39, 0.29) is 23.1 Å². The molecule has 1 unspecified atom stereocenters. The molecule has 2 aliphatic rings. The van der Waals surface area contributed by atoms with Gasteiger partial charge in [0.25, 0.3) is 5.91 Å². The maximum absolute atomic E-state index is 12.9. The molecule has 156 valence electrons. The van der Waals surface area contributed by atoms with Gasteiger partial charge in [-0.1, -0.05) is 26.8 Å². The van der Waals surface area contributed by atoms with Crippen molar-refractivity contribution >= 4 is 14.2 Å². The molecule has 0 aromatic heterocycles. The van der Waals surface area contributed by atoms with E-state index in [1.165, 1.54) is 0 Å². The van der Waals surface area contributed by atoms with Crippen LogP contribution in [0.3, 0.4) is 0 Å². The van der Waals surface area contributed by atoms with Crippen LogP contribution in [0.2, 0.25) is 18.1 Å². The summed E-state index contributed by atoms with van der Waals surface area (Å²) >= 11 is 0. The van der Waals surface area contributed by atoms with Crippen molar-refractivity contribution in [3.05, 3.63) is 29.3 Å². The van der Waals surface area contributed by atoms with Gasteiger partial charge < -0.3 is 19.4 Å². The van der Waals surface area contributed by atoms with E-state index in [1.807, 2.05) is 23.1 Å². The van der Waals surface area contributed by atoms with Gasteiger partial charge in [0.05, 0.1) is 12.6 Å². The summed E-state index contributed by atoms with van der Waals surface area (Å²) in [6.07, 6.45) is 2.21. The molecule has 5 nitrogen and oxygen atoms in total. The maximum atomic E-state index is 12.9.